The van der Waals surface area contributed by atoms with Gasteiger partial charge in [0.1, 0.15) is 12.0 Å². The number of hydrogen-bond donors (Lipinski definition) is 0. The molecule has 1 heterocycles. The fraction of sp³-hybridized carbons (Fsp3) is 0.462. The van der Waals surface area contributed by atoms with Crippen LogP contribution in [0.1, 0.15) is 31.4 Å². The van der Waals surface area contributed by atoms with Crippen LogP contribution < -0.4 is 4.74 Å². The number of aryl methyl sites for hydroxylation is 1. The summed E-state index contributed by atoms with van der Waals surface area (Å²) in [4.78, 5) is 10.3. The fourth-order valence-electron chi connectivity index (χ4n) is 1.96. The highest BCUT2D eigenvalue weighted by Crippen LogP contribution is 2.38. The van der Waals surface area contributed by atoms with Crippen LogP contribution >= 0.6 is 0 Å². The third-order valence-corrected chi connectivity index (χ3v) is 2.91. The van der Waals surface area contributed by atoms with Crippen molar-refractivity contribution < 1.29 is 9.53 Å². The molecule has 0 aliphatic carbocycles. The maximum atomic E-state index is 10.3. The Morgan fingerprint density at radius 2 is 2.27 bits per heavy atom. The lowest BCUT2D eigenvalue weighted by Crippen LogP contribution is -2.18. The van der Waals surface area contributed by atoms with Gasteiger partial charge >= 0.3 is 0 Å². The first kappa shape index (κ1) is 10.2. The van der Waals surface area contributed by atoms with Gasteiger partial charge in [-0.05, 0) is 18.1 Å². The van der Waals surface area contributed by atoms with Gasteiger partial charge < -0.3 is 9.53 Å². The van der Waals surface area contributed by atoms with Crippen molar-refractivity contribution in [1.29, 1.82) is 0 Å². The van der Waals surface area contributed by atoms with Gasteiger partial charge in [-0.1, -0.05) is 26.0 Å². The van der Waals surface area contributed by atoms with Crippen LogP contribution in [0, 0.1) is 0 Å². The molecular formula is C13H16O2. The summed E-state index contributed by atoms with van der Waals surface area (Å²) < 4.78 is 5.65. The highest BCUT2D eigenvalue weighted by molar-refractivity contribution is 5.51. The molecule has 0 unspecified atom stereocenters. The molecule has 1 aliphatic heterocycles. The minimum absolute atomic E-state index is 0.124. The quantitative estimate of drug-likeness (QED) is 0.707. The van der Waals surface area contributed by atoms with Gasteiger partial charge in [0.25, 0.3) is 0 Å². The molecule has 0 radical (unpaired) electrons. The van der Waals surface area contributed by atoms with E-state index < -0.39 is 0 Å². The molecule has 0 spiro atoms. The van der Waals surface area contributed by atoms with E-state index in [-0.39, 0.29) is 5.41 Å². The van der Waals surface area contributed by atoms with Gasteiger partial charge in [-0.2, -0.15) is 0 Å². The van der Waals surface area contributed by atoms with Crippen molar-refractivity contribution in [3.05, 3.63) is 29.3 Å². The zero-order valence-electron chi connectivity index (χ0n) is 9.25. The minimum atomic E-state index is 0.124. The summed E-state index contributed by atoms with van der Waals surface area (Å²) in [7, 11) is 0. The number of carbonyl (C=O) groups excluding carboxylic acids is 1. The second-order valence-corrected chi connectivity index (χ2v) is 4.71. The lowest BCUT2D eigenvalue weighted by Gasteiger charge is -2.14. The molecule has 1 aromatic carbocycles. The number of benzene rings is 1. The van der Waals surface area contributed by atoms with Crippen LogP contribution in [0.4, 0.5) is 0 Å². The molecule has 2 nitrogen and oxygen atoms in total. The number of rotatable bonds is 3. The number of aldehydes is 1. The molecule has 2 rings (SSSR count). The lowest BCUT2D eigenvalue weighted by atomic mass is 9.86. The molecule has 1 aliphatic rings. The standard InChI is InChI=1S/C13H16O2/c1-13(2)9-15-12-8-10(4-3-7-14)5-6-11(12)13/h5-8H,3-4,9H2,1-2H3. The van der Waals surface area contributed by atoms with Crippen molar-refractivity contribution in [3.8, 4) is 5.75 Å². The van der Waals surface area contributed by atoms with Crippen LogP contribution in [0.2, 0.25) is 0 Å². The lowest BCUT2D eigenvalue weighted by molar-refractivity contribution is -0.107. The largest absolute Gasteiger partial charge is 0.492 e. The van der Waals surface area contributed by atoms with E-state index in [9.17, 15) is 4.79 Å². The van der Waals surface area contributed by atoms with Gasteiger partial charge in [-0.25, -0.2) is 0 Å². The van der Waals surface area contributed by atoms with Gasteiger partial charge in [0, 0.05) is 17.4 Å². The van der Waals surface area contributed by atoms with E-state index in [1.807, 2.05) is 0 Å². The normalized spacial score (nSPS) is 16.9. The Bertz CT molecular complexity index is 380. The first-order valence-electron chi connectivity index (χ1n) is 5.33. The van der Waals surface area contributed by atoms with E-state index in [2.05, 4.69) is 32.0 Å². The second-order valence-electron chi connectivity index (χ2n) is 4.71. The van der Waals surface area contributed by atoms with Crippen molar-refractivity contribution in [2.45, 2.75) is 32.1 Å². The molecule has 0 bridgehead atoms. The van der Waals surface area contributed by atoms with Crippen LogP contribution in [0.25, 0.3) is 0 Å². The Hall–Kier alpha value is -1.31. The summed E-state index contributed by atoms with van der Waals surface area (Å²) in [5, 5.41) is 0. The third-order valence-electron chi connectivity index (χ3n) is 2.91. The number of fused-ring (bicyclic) bond motifs is 1. The molecule has 2 heteroatoms. The Morgan fingerprint density at radius 3 is 3.00 bits per heavy atom. The first-order valence-corrected chi connectivity index (χ1v) is 5.33. The zero-order valence-corrected chi connectivity index (χ0v) is 9.25. The average molecular weight is 204 g/mol. The molecule has 0 atom stereocenters. The summed E-state index contributed by atoms with van der Waals surface area (Å²) in [6.45, 7) is 5.12. The maximum Gasteiger partial charge on any atom is 0.123 e. The summed E-state index contributed by atoms with van der Waals surface area (Å²) in [6, 6.07) is 6.29. The van der Waals surface area contributed by atoms with E-state index in [1.54, 1.807) is 0 Å². The summed E-state index contributed by atoms with van der Waals surface area (Å²) in [5.41, 5.74) is 2.58. The van der Waals surface area contributed by atoms with Crippen molar-refractivity contribution in [1.82, 2.24) is 0 Å². The molecular weight excluding hydrogens is 188 g/mol. The second kappa shape index (κ2) is 3.69. The predicted octanol–water partition coefficient (Wildman–Crippen LogP) is 2.49. The first-order chi connectivity index (χ1) is 7.13. The summed E-state index contributed by atoms with van der Waals surface area (Å²) in [6.07, 6.45) is 2.35. The van der Waals surface area contributed by atoms with Crippen LogP contribution in [-0.4, -0.2) is 12.9 Å². The van der Waals surface area contributed by atoms with Crippen LogP contribution in [0.3, 0.4) is 0 Å². The molecule has 0 fully saturated rings. The summed E-state index contributed by atoms with van der Waals surface area (Å²) >= 11 is 0. The van der Waals surface area contributed by atoms with E-state index in [0.29, 0.717) is 6.42 Å². The third kappa shape index (κ3) is 1.89. The topological polar surface area (TPSA) is 26.3 Å². The van der Waals surface area contributed by atoms with Gasteiger partial charge in [0.15, 0.2) is 0 Å². The number of ether oxygens (including phenoxy) is 1. The Kier molecular flexibility index (Phi) is 2.51. The van der Waals surface area contributed by atoms with E-state index in [1.165, 1.54) is 11.1 Å². The SMILES string of the molecule is CC1(C)COc2cc(CCC=O)ccc21. The Morgan fingerprint density at radius 1 is 1.47 bits per heavy atom. The average Bonchev–Trinajstić information content (AvgIpc) is 2.52. The molecule has 0 N–H and O–H groups in total. The van der Waals surface area contributed by atoms with Gasteiger partial charge in [-0.3, -0.25) is 0 Å². The molecule has 0 aromatic heterocycles. The molecule has 15 heavy (non-hydrogen) atoms. The van der Waals surface area contributed by atoms with Crippen molar-refractivity contribution in [2.24, 2.45) is 0 Å². The van der Waals surface area contributed by atoms with Crippen LogP contribution in [0.5, 0.6) is 5.75 Å². The van der Waals surface area contributed by atoms with Gasteiger partial charge in [0.05, 0.1) is 6.61 Å². The molecule has 0 amide bonds. The molecule has 0 saturated heterocycles. The van der Waals surface area contributed by atoms with E-state index in [4.69, 9.17) is 4.74 Å². The van der Waals surface area contributed by atoms with Crippen molar-refractivity contribution >= 4 is 6.29 Å². The monoisotopic (exact) mass is 204 g/mol. The number of carbonyl (C=O) groups is 1. The zero-order chi connectivity index (χ0) is 10.9. The highest BCUT2D eigenvalue weighted by atomic mass is 16.5. The van der Waals surface area contributed by atoms with E-state index >= 15 is 0 Å². The molecule has 1 aromatic rings. The van der Waals surface area contributed by atoms with Crippen LogP contribution in [-0.2, 0) is 16.6 Å². The van der Waals surface area contributed by atoms with E-state index in [0.717, 1.165) is 25.1 Å². The molecule has 80 valence electrons. The molecule has 0 saturated carbocycles. The predicted molar refractivity (Wildman–Crippen MR) is 59.3 cm³/mol. The Labute approximate surface area is 90.3 Å². The highest BCUT2D eigenvalue weighted by Gasteiger charge is 2.31. The smallest absolute Gasteiger partial charge is 0.123 e. The summed E-state index contributed by atoms with van der Waals surface area (Å²) in [5.74, 6) is 0.989. The van der Waals surface area contributed by atoms with Gasteiger partial charge in [-0.15, -0.1) is 0 Å². The minimum Gasteiger partial charge on any atom is -0.492 e. The van der Waals surface area contributed by atoms with Crippen molar-refractivity contribution in [3.63, 3.8) is 0 Å². The Balaban J connectivity index is 2.25. The van der Waals surface area contributed by atoms with Crippen molar-refractivity contribution in [2.75, 3.05) is 6.61 Å². The number of hydrogen-bond acceptors (Lipinski definition) is 2. The maximum absolute atomic E-state index is 10.3. The fourth-order valence-corrected chi connectivity index (χ4v) is 1.96. The van der Waals surface area contributed by atoms with Crippen LogP contribution in [0.15, 0.2) is 18.2 Å². The van der Waals surface area contributed by atoms with Gasteiger partial charge in [0.2, 0.25) is 0 Å².